The molecule has 4 rings (SSSR count). The molecule has 132 valence electrons. The minimum atomic E-state index is -0.523. The van der Waals surface area contributed by atoms with Crippen LogP contribution in [0.15, 0.2) is 34.9 Å². The topological polar surface area (TPSA) is 55.6 Å². The van der Waals surface area contributed by atoms with Crippen molar-refractivity contribution in [1.82, 2.24) is 10.1 Å². The highest BCUT2D eigenvalue weighted by molar-refractivity contribution is 6.30. The first-order valence-electron chi connectivity index (χ1n) is 8.66. The Morgan fingerprint density at radius 3 is 2.44 bits per heavy atom. The molecule has 0 bridgehead atoms. The van der Waals surface area contributed by atoms with E-state index in [2.05, 4.69) is 5.16 Å². The number of aromatic nitrogens is 1. The molecule has 2 fully saturated rings. The van der Waals surface area contributed by atoms with E-state index in [-0.39, 0.29) is 18.1 Å². The van der Waals surface area contributed by atoms with Crippen molar-refractivity contribution < 1.29 is 14.1 Å². The van der Waals surface area contributed by atoms with Gasteiger partial charge in [-0.1, -0.05) is 16.8 Å². The van der Waals surface area contributed by atoms with Crippen LogP contribution in [0.1, 0.15) is 32.4 Å². The summed E-state index contributed by atoms with van der Waals surface area (Å²) >= 11 is 5.93. The molecule has 2 aromatic rings. The minimum Gasteiger partial charge on any atom is -0.372 e. The first kappa shape index (κ1) is 16.6. The molecule has 1 amide bonds. The summed E-state index contributed by atoms with van der Waals surface area (Å²) in [6.45, 7) is 5.27. The number of hydrogen-bond donors (Lipinski definition) is 0. The third kappa shape index (κ3) is 3.07. The van der Waals surface area contributed by atoms with Gasteiger partial charge in [-0.25, -0.2) is 0 Å². The van der Waals surface area contributed by atoms with Crippen LogP contribution in [0.3, 0.4) is 0 Å². The van der Waals surface area contributed by atoms with Crippen molar-refractivity contribution in [3.05, 3.63) is 41.0 Å². The molecule has 0 spiro atoms. The summed E-state index contributed by atoms with van der Waals surface area (Å²) in [5.74, 6) is 0.805. The molecular formula is C19H21ClN2O3. The Hall–Kier alpha value is -1.85. The number of amides is 1. The first-order valence-corrected chi connectivity index (χ1v) is 9.04. The van der Waals surface area contributed by atoms with Crippen molar-refractivity contribution in [3.63, 3.8) is 0 Å². The molecule has 2 atom stereocenters. The lowest BCUT2D eigenvalue weighted by Gasteiger charge is -2.37. The van der Waals surface area contributed by atoms with Crippen LogP contribution in [0, 0.1) is 0 Å². The van der Waals surface area contributed by atoms with Crippen molar-refractivity contribution in [2.75, 3.05) is 13.1 Å². The molecule has 1 saturated carbocycles. The first-order chi connectivity index (χ1) is 12.0. The Morgan fingerprint density at radius 2 is 1.84 bits per heavy atom. The Labute approximate surface area is 151 Å². The highest BCUT2D eigenvalue weighted by Gasteiger charge is 2.56. The van der Waals surface area contributed by atoms with Gasteiger partial charge in [0.25, 0.3) is 0 Å². The van der Waals surface area contributed by atoms with Gasteiger partial charge in [0.15, 0.2) is 5.76 Å². The van der Waals surface area contributed by atoms with E-state index in [0.717, 1.165) is 24.1 Å². The second-order valence-electron chi connectivity index (χ2n) is 7.13. The molecule has 0 radical (unpaired) electrons. The molecule has 1 aliphatic carbocycles. The highest BCUT2D eigenvalue weighted by atomic mass is 35.5. The predicted molar refractivity (Wildman–Crippen MR) is 94.5 cm³/mol. The second-order valence-corrected chi connectivity index (χ2v) is 7.57. The van der Waals surface area contributed by atoms with Gasteiger partial charge >= 0.3 is 0 Å². The zero-order chi connectivity index (χ0) is 17.6. The van der Waals surface area contributed by atoms with Gasteiger partial charge in [0, 0.05) is 29.7 Å². The number of rotatable bonds is 3. The van der Waals surface area contributed by atoms with Crippen molar-refractivity contribution in [2.24, 2.45) is 0 Å². The molecule has 1 aromatic heterocycles. The number of carbonyl (C=O) groups excluding carboxylic acids is 1. The fraction of sp³-hybridized carbons (Fsp3) is 0.474. The third-order valence-corrected chi connectivity index (χ3v) is 5.25. The summed E-state index contributed by atoms with van der Waals surface area (Å²) < 4.78 is 11.2. The maximum Gasteiger partial charge on any atom is 0.235 e. The van der Waals surface area contributed by atoms with Gasteiger partial charge in [0.2, 0.25) is 5.91 Å². The maximum atomic E-state index is 13.1. The van der Waals surface area contributed by atoms with Gasteiger partial charge < -0.3 is 14.2 Å². The van der Waals surface area contributed by atoms with E-state index in [1.807, 2.05) is 49.1 Å². The molecule has 5 nitrogen and oxygen atoms in total. The van der Waals surface area contributed by atoms with Crippen molar-refractivity contribution in [1.29, 1.82) is 0 Å². The van der Waals surface area contributed by atoms with E-state index in [1.54, 1.807) is 0 Å². The molecule has 2 unspecified atom stereocenters. The number of carbonyl (C=O) groups is 1. The van der Waals surface area contributed by atoms with Crippen molar-refractivity contribution in [3.8, 4) is 11.3 Å². The molecule has 0 N–H and O–H groups in total. The Bertz CT molecular complexity index is 772. The minimum absolute atomic E-state index is 0.0606. The predicted octanol–water partition coefficient (Wildman–Crippen LogP) is 3.66. The van der Waals surface area contributed by atoms with Gasteiger partial charge in [0.05, 0.1) is 23.3 Å². The van der Waals surface area contributed by atoms with E-state index >= 15 is 0 Å². The summed E-state index contributed by atoms with van der Waals surface area (Å²) in [6.07, 6.45) is 1.76. The summed E-state index contributed by atoms with van der Waals surface area (Å²) in [5, 5.41) is 4.89. The van der Waals surface area contributed by atoms with Gasteiger partial charge in [-0.15, -0.1) is 0 Å². The summed E-state index contributed by atoms with van der Waals surface area (Å²) in [6, 6.07) is 9.29. The van der Waals surface area contributed by atoms with E-state index in [1.165, 1.54) is 0 Å². The van der Waals surface area contributed by atoms with Gasteiger partial charge in [-0.05, 0) is 51.0 Å². The Balaban J connectivity index is 1.57. The van der Waals surface area contributed by atoms with Gasteiger partial charge in [-0.3, -0.25) is 4.79 Å². The second kappa shape index (κ2) is 6.15. The van der Waals surface area contributed by atoms with Gasteiger partial charge in [-0.2, -0.15) is 0 Å². The molecule has 25 heavy (non-hydrogen) atoms. The quantitative estimate of drug-likeness (QED) is 0.838. The number of halogens is 1. The smallest absolute Gasteiger partial charge is 0.235 e. The zero-order valence-corrected chi connectivity index (χ0v) is 15.1. The van der Waals surface area contributed by atoms with Crippen LogP contribution < -0.4 is 0 Å². The fourth-order valence-corrected chi connectivity index (χ4v) is 3.73. The number of ether oxygens (including phenoxy) is 1. The Kier molecular flexibility index (Phi) is 4.08. The molecule has 6 heteroatoms. The normalized spacial score (nSPS) is 25.0. The summed E-state index contributed by atoms with van der Waals surface area (Å²) in [7, 11) is 0. The van der Waals surface area contributed by atoms with Crippen LogP contribution >= 0.6 is 11.6 Å². The molecule has 2 heterocycles. The lowest BCUT2D eigenvalue weighted by molar-refractivity contribution is -0.146. The van der Waals surface area contributed by atoms with Crippen LogP contribution in [-0.4, -0.2) is 41.3 Å². The van der Waals surface area contributed by atoms with E-state index < -0.39 is 5.41 Å². The van der Waals surface area contributed by atoms with Crippen LogP contribution in [0.4, 0.5) is 0 Å². The maximum absolute atomic E-state index is 13.1. The lowest BCUT2D eigenvalue weighted by Crippen LogP contribution is -2.51. The van der Waals surface area contributed by atoms with E-state index in [4.69, 9.17) is 20.9 Å². The molecular weight excluding hydrogens is 340 g/mol. The van der Waals surface area contributed by atoms with Crippen molar-refractivity contribution >= 4 is 17.5 Å². The van der Waals surface area contributed by atoms with E-state index in [9.17, 15) is 4.79 Å². The van der Waals surface area contributed by atoms with Crippen LogP contribution in [0.2, 0.25) is 5.02 Å². The zero-order valence-electron chi connectivity index (χ0n) is 14.4. The molecule has 2 aliphatic rings. The lowest BCUT2D eigenvalue weighted by atomic mass is 9.98. The third-order valence-electron chi connectivity index (χ3n) is 5.00. The van der Waals surface area contributed by atoms with Crippen molar-refractivity contribution in [2.45, 2.75) is 44.3 Å². The SMILES string of the molecule is CC1CN(C(=O)C2(c3cc(-c4ccc(Cl)cc4)on3)CC2)CC(C)O1. The molecule has 1 saturated heterocycles. The van der Waals surface area contributed by atoms with Crippen LogP contribution in [0.25, 0.3) is 11.3 Å². The highest BCUT2D eigenvalue weighted by Crippen LogP contribution is 2.50. The number of benzene rings is 1. The van der Waals surface area contributed by atoms with Crippen LogP contribution in [0.5, 0.6) is 0 Å². The monoisotopic (exact) mass is 360 g/mol. The summed E-state index contributed by atoms with van der Waals surface area (Å²) in [5.41, 5.74) is 1.11. The summed E-state index contributed by atoms with van der Waals surface area (Å²) in [4.78, 5) is 15.1. The molecule has 1 aromatic carbocycles. The average Bonchev–Trinajstić information content (AvgIpc) is 3.24. The number of morpholine rings is 1. The number of hydrogen-bond acceptors (Lipinski definition) is 4. The molecule has 1 aliphatic heterocycles. The van der Waals surface area contributed by atoms with Crippen LogP contribution in [-0.2, 0) is 14.9 Å². The number of nitrogens with zero attached hydrogens (tertiary/aromatic N) is 2. The average molecular weight is 361 g/mol. The van der Waals surface area contributed by atoms with E-state index in [0.29, 0.717) is 23.9 Å². The largest absolute Gasteiger partial charge is 0.372 e. The fourth-order valence-electron chi connectivity index (χ4n) is 3.60. The standard InChI is InChI=1S/C19H21ClN2O3/c1-12-10-22(11-13(2)24-12)18(23)19(7-8-19)17-9-16(25-21-17)14-3-5-15(20)6-4-14/h3-6,9,12-13H,7-8,10-11H2,1-2H3. The Morgan fingerprint density at radius 1 is 1.20 bits per heavy atom. The van der Waals surface area contributed by atoms with Gasteiger partial charge in [0.1, 0.15) is 0 Å².